The first-order chi connectivity index (χ1) is 19.2. The number of ether oxygens (including phenoxy) is 1. The molecule has 1 saturated heterocycles. The topological polar surface area (TPSA) is 120 Å². The van der Waals surface area contributed by atoms with Gasteiger partial charge in [0.05, 0.1) is 12.0 Å². The van der Waals surface area contributed by atoms with E-state index in [0.717, 1.165) is 11.1 Å². The highest BCUT2D eigenvalue weighted by Crippen LogP contribution is 2.36. The van der Waals surface area contributed by atoms with E-state index < -0.39 is 34.7 Å². The summed E-state index contributed by atoms with van der Waals surface area (Å²) in [6.45, 7) is 20.7. The van der Waals surface area contributed by atoms with E-state index in [4.69, 9.17) is 4.74 Å². The van der Waals surface area contributed by atoms with Gasteiger partial charge in [-0.05, 0) is 86.1 Å². The summed E-state index contributed by atoms with van der Waals surface area (Å²) >= 11 is 0. The van der Waals surface area contributed by atoms with Gasteiger partial charge in [0.25, 0.3) is 0 Å². The van der Waals surface area contributed by atoms with Gasteiger partial charge in [-0.2, -0.15) is 5.06 Å². The molecule has 2 rings (SSSR count). The molecule has 1 heterocycles. The molecular formula is C33H54N4O5. The number of nitrogens with zero attached hydrogens (tertiary/aromatic N) is 1. The smallest absolute Gasteiger partial charge is 0.408 e. The number of carbonyl (C=O) groups is 3. The first-order valence-electron chi connectivity index (χ1n) is 15.0. The summed E-state index contributed by atoms with van der Waals surface area (Å²) in [6.07, 6.45) is 3.01. The Balaban J connectivity index is 2.15. The van der Waals surface area contributed by atoms with Crippen LogP contribution in [0.4, 0.5) is 4.79 Å². The minimum absolute atomic E-state index is 0.134. The number of carbonyl (C=O) groups excluding carboxylic acids is 3. The number of piperidine rings is 1. The third-order valence-corrected chi connectivity index (χ3v) is 7.68. The maximum Gasteiger partial charge on any atom is 0.408 e. The fourth-order valence-corrected chi connectivity index (χ4v) is 5.69. The number of rotatable bonds is 10. The molecule has 3 atom stereocenters. The van der Waals surface area contributed by atoms with E-state index in [0.29, 0.717) is 19.3 Å². The SMILES string of the molecule is C/C(=C\[C@@H](C)C(=O)N[C@H](C(=O)NC1CC(C)(C)N(O)C(C)(C)C1)C(C)C)[C@@H](Cc1ccccc1)NC(=O)OC(C)(C)C. The van der Waals surface area contributed by atoms with Crippen LogP contribution in [0.5, 0.6) is 0 Å². The normalized spacial score (nSPS) is 19.9. The minimum atomic E-state index is -0.716. The van der Waals surface area contributed by atoms with Gasteiger partial charge in [-0.15, -0.1) is 0 Å². The molecule has 42 heavy (non-hydrogen) atoms. The lowest BCUT2D eigenvalue weighted by Crippen LogP contribution is -2.64. The van der Waals surface area contributed by atoms with Crippen LogP contribution in [-0.2, 0) is 20.7 Å². The predicted molar refractivity (Wildman–Crippen MR) is 166 cm³/mol. The van der Waals surface area contributed by atoms with E-state index in [2.05, 4.69) is 16.0 Å². The van der Waals surface area contributed by atoms with Crippen LogP contribution in [0, 0.1) is 11.8 Å². The van der Waals surface area contributed by atoms with Crippen molar-refractivity contribution in [1.82, 2.24) is 21.0 Å². The number of hydroxylamine groups is 2. The molecule has 0 unspecified atom stereocenters. The number of nitrogens with one attached hydrogen (secondary N) is 3. The maximum absolute atomic E-state index is 13.4. The van der Waals surface area contributed by atoms with Gasteiger partial charge < -0.3 is 25.9 Å². The van der Waals surface area contributed by atoms with Crippen LogP contribution in [0.2, 0.25) is 0 Å². The number of hydrogen-bond acceptors (Lipinski definition) is 6. The van der Waals surface area contributed by atoms with E-state index in [-0.39, 0.29) is 29.8 Å². The molecule has 0 bridgehead atoms. The molecule has 0 spiro atoms. The first-order valence-corrected chi connectivity index (χ1v) is 15.0. The second-order valence-corrected chi connectivity index (χ2v) is 14.4. The number of amides is 3. The summed E-state index contributed by atoms with van der Waals surface area (Å²) in [5, 5.41) is 21.0. The summed E-state index contributed by atoms with van der Waals surface area (Å²) in [7, 11) is 0. The monoisotopic (exact) mass is 586 g/mol. The van der Waals surface area contributed by atoms with Crippen LogP contribution in [0.15, 0.2) is 42.0 Å². The van der Waals surface area contributed by atoms with Crippen molar-refractivity contribution >= 4 is 17.9 Å². The average molecular weight is 587 g/mol. The van der Waals surface area contributed by atoms with Crippen LogP contribution in [-0.4, -0.2) is 63.0 Å². The summed E-state index contributed by atoms with van der Waals surface area (Å²) in [5.41, 5.74) is 0.212. The Morgan fingerprint density at radius 1 is 1.00 bits per heavy atom. The minimum Gasteiger partial charge on any atom is -0.444 e. The molecule has 0 aliphatic carbocycles. The van der Waals surface area contributed by atoms with Crippen LogP contribution >= 0.6 is 0 Å². The van der Waals surface area contributed by atoms with E-state index in [1.165, 1.54) is 5.06 Å². The van der Waals surface area contributed by atoms with Gasteiger partial charge >= 0.3 is 6.09 Å². The van der Waals surface area contributed by atoms with Crippen molar-refractivity contribution in [2.75, 3.05) is 0 Å². The molecule has 9 heteroatoms. The molecule has 4 N–H and O–H groups in total. The molecule has 1 aromatic rings. The molecule has 0 saturated carbocycles. The van der Waals surface area contributed by atoms with Gasteiger partial charge in [0, 0.05) is 17.1 Å². The van der Waals surface area contributed by atoms with E-state index in [1.807, 2.05) is 106 Å². The standard InChI is InChI=1S/C33H54N4O5/c1-21(2)27(29(39)34-25-19-32(8,9)37(41)33(10,11)20-25)36-28(38)23(4)17-22(3)26(18-24-15-13-12-14-16-24)35-30(40)42-31(5,6)7/h12-17,21,23,25-27,41H,18-20H2,1-11H3,(H,34,39)(H,35,40)(H,36,38)/b22-17+/t23-,26-,27+/m1/s1. The third-order valence-electron chi connectivity index (χ3n) is 7.68. The lowest BCUT2D eigenvalue weighted by molar-refractivity contribution is -0.246. The molecule has 3 amide bonds. The van der Waals surface area contributed by atoms with Crippen molar-refractivity contribution in [2.45, 2.75) is 130 Å². The number of alkyl carbamates (subject to hydrolysis) is 1. The molecule has 1 fully saturated rings. The van der Waals surface area contributed by atoms with Crippen molar-refractivity contribution in [3.63, 3.8) is 0 Å². The summed E-state index contributed by atoms with van der Waals surface area (Å²) < 4.78 is 5.49. The highest BCUT2D eigenvalue weighted by atomic mass is 16.6. The van der Waals surface area contributed by atoms with Crippen LogP contribution < -0.4 is 16.0 Å². The number of hydrogen-bond donors (Lipinski definition) is 4. The Morgan fingerprint density at radius 2 is 1.55 bits per heavy atom. The Morgan fingerprint density at radius 3 is 2.05 bits per heavy atom. The second-order valence-electron chi connectivity index (χ2n) is 14.4. The lowest BCUT2D eigenvalue weighted by Gasteiger charge is -2.51. The summed E-state index contributed by atoms with van der Waals surface area (Å²) in [4.78, 5) is 39.4. The molecule has 9 nitrogen and oxygen atoms in total. The Hall–Kier alpha value is -2.91. The van der Waals surface area contributed by atoms with Crippen molar-refractivity contribution in [1.29, 1.82) is 0 Å². The average Bonchev–Trinajstić information content (AvgIpc) is 2.84. The van der Waals surface area contributed by atoms with Gasteiger partial charge in [0.1, 0.15) is 11.6 Å². The molecule has 1 aliphatic rings. The van der Waals surface area contributed by atoms with Gasteiger partial charge in [0.2, 0.25) is 11.8 Å². The molecule has 0 aromatic heterocycles. The molecule has 1 aromatic carbocycles. The van der Waals surface area contributed by atoms with Crippen molar-refractivity contribution < 1.29 is 24.3 Å². The zero-order valence-electron chi connectivity index (χ0n) is 27.5. The van der Waals surface area contributed by atoms with Crippen molar-refractivity contribution in [3.05, 3.63) is 47.5 Å². The Labute approximate surface area is 252 Å². The van der Waals surface area contributed by atoms with Gasteiger partial charge in [-0.3, -0.25) is 9.59 Å². The highest BCUT2D eigenvalue weighted by Gasteiger charge is 2.45. The summed E-state index contributed by atoms with van der Waals surface area (Å²) in [6, 6.07) is 8.58. The molecular weight excluding hydrogens is 532 g/mol. The predicted octanol–water partition coefficient (Wildman–Crippen LogP) is 5.37. The molecule has 1 aliphatic heterocycles. The maximum atomic E-state index is 13.4. The molecule has 0 radical (unpaired) electrons. The fourth-order valence-electron chi connectivity index (χ4n) is 5.69. The van der Waals surface area contributed by atoms with Crippen molar-refractivity contribution in [3.8, 4) is 0 Å². The van der Waals surface area contributed by atoms with Crippen LogP contribution in [0.3, 0.4) is 0 Å². The zero-order valence-corrected chi connectivity index (χ0v) is 27.5. The van der Waals surface area contributed by atoms with Gasteiger partial charge in [-0.25, -0.2) is 4.79 Å². The summed E-state index contributed by atoms with van der Waals surface area (Å²) in [5.74, 6) is -1.19. The third kappa shape index (κ3) is 10.4. The largest absolute Gasteiger partial charge is 0.444 e. The first kappa shape index (κ1) is 35.3. The van der Waals surface area contributed by atoms with Gasteiger partial charge in [-0.1, -0.05) is 62.8 Å². The van der Waals surface area contributed by atoms with Crippen LogP contribution in [0.25, 0.3) is 0 Å². The van der Waals surface area contributed by atoms with E-state index in [9.17, 15) is 19.6 Å². The van der Waals surface area contributed by atoms with Crippen LogP contribution in [0.1, 0.15) is 94.6 Å². The van der Waals surface area contributed by atoms with Crippen molar-refractivity contribution in [2.24, 2.45) is 11.8 Å². The Kier molecular flexibility index (Phi) is 11.8. The fraction of sp³-hybridized carbons (Fsp3) is 0.667. The molecule has 236 valence electrons. The van der Waals surface area contributed by atoms with Gasteiger partial charge in [0.15, 0.2) is 0 Å². The van der Waals surface area contributed by atoms with E-state index in [1.54, 1.807) is 6.92 Å². The van der Waals surface area contributed by atoms with E-state index >= 15 is 0 Å². The highest BCUT2D eigenvalue weighted by molar-refractivity contribution is 5.89. The number of benzene rings is 1. The second kappa shape index (κ2) is 14.0. The quantitative estimate of drug-likeness (QED) is 0.274. The zero-order chi connectivity index (χ0) is 32.0. The lowest BCUT2D eigenvalue weighted by atomic mass is 9.79. The Bertz CT molecular complexity index is 1090.